The van der Waals surface area contributed by atoms with E-state index in [1.165, 1.54) is 27.8 Å². The van der Waals surface area contributed by atoms with Gasteiger partial charge in [0, 0.05) is 47.0 Å². The van der Waals surface area contributed by atoms with Crippen LogP contribution in [0.25, 0.3) is 0 Å². The van der Waals surface area contributed by atoms with Crippen LogP contribution in [0.4, 0.5) is 5.82 Å². The van der Waals surface area contributed by atoms with Gasteiger partial charge in [-0.25, -0.2) is 17.5 Å². The van der Waals surface area contributed by atoms with Gasteiger partial charge >= 0.3 is 5.97 Å². The van der Waals surface area contributed by atoms with Crippen LogP contribution in [0.15, 0.2) is 29.2 Å². The summed E-state index contributed by atoms with van der Waals surface area (Å²) in [5, 5.41) is 14.0. The van der Waals surface area contributed by atoms with Gasteiger partial charge in [0.15, 0.2) is 5.69 Å². The molecule has 0 bridgehead atoms. The smallest absolute Gasteiger partial charge is 0.339 e. The number of aryl methyl sites for hydroxylation is 1. The highest BCUT2D eigenvalue weighted by atomic mass is 32.2. The van der Waals surface area contributed by atoms with Gasteiger partial charge in [-0.2, -0.15) is 5.10 Å². The average molecular weight is 523 g/mol. The number of hydrogen-bond donors (Lipinski definition) is 1. The molecule has 0 spiro atoms. The molecular weight excluding hydrogens is 488 g/mol. The Balaban J connectivity index is 1.97. The lowest BCUT2D eigenvalue weighted by atomic mass is 10.0. The van der Waals surface area contributed by atoms with Gasteiger partial charge in [-0.05, 0) is 42.9 Å². The van der Waals surface area contributed by atoms with E-state index in [2.05, 4.69) is 5.10 Å². The maximum Gasteiger partial charge on any atom is 0.339 e. The largest absolute Gasteiger partial charge is 0.492 e. The standard InChI is InChI=1S/C24H34N4O7S/c1-16(2)14-28(22-13-20(25-27(22)5)23(29)26(3)4)36(32,33)18-6-7-21(19(12-18)24(30)31)35-15-17-8-10-34-11-9-17/h6-7,12-13,16-17H,8-11,14-15H2,1-5H3,(H,30,31). The molecule has 2 aromatic rings. The Morgan fingerprint density at radius 3 is 2.47 bits per heavy atom. The minimum absolute atomic E-state index is 0.0660. The number of carbonyl (C=O) groups is 2. The fourth-order valence-corrected chi connectivity index (χ4v) is 5.55. The Hall–Kier alpha value is -3.12. The molecular formula is C24H34N4O7S. The number of ether oxygens (including phenoxy) is 2. The molecule has 11 nitrogen and oxygen atoms in total. The molecule has 0 aliphatic carbocycles. The second kappa shape index (κ2) is 11.3. The molecule has 1 aromatic heterocycles. The SMILES string of the molecule is CC(C)CN(c1cc(C(=O)N(C)C)nn1C)S(=O)(=O)c1ccc(OCC2CCOCC2)c(C(=O)O)c1. The molecule has 1 saturated heterocycles. The molecule has 0 atom stereocenters. The summed E-state index contributed by atoms with van der Waals surface area (Å²) in [4.78, 5) is 25.6. The molecule has 3 rings (SSSR count). The van der Waals surface area contributed by atoms with E-state index in [1.54, 1.807) is 21.1 Å². The lowest BCUT2D eigenvalue weighted by Gasteiger charge is -2.26. The molecule has 1 aromatic carbocycles. The fraction of sp³-hybridized carbons (Fsp3) is 0.542. The van der Waals surface area contributed by atoms with Gasteiger partial charge in [-0.3, -0.25) is 9.48 Å². The monoisotopic (exact) mass is 522 g/mol. The number of nitrogens with zero attached hydrogens (tertiary/aromatic N) is 4. The van der Waals surface area contributed by atoms with Crippen molar-refractivity contribution >= 4 is 27.7 Å². The van der Waals surface area contributed by atoms with Crippen molar-refractivity contribution in [1.82, 2.24) is 14.7 Å². The summed E-state index contributed by atoms with van der Waals surface area (Å²) in [6.45, 7) is 5.42. The van der Waals surface area contributed by atoms with Crippen LogP contribution >= 0.6 is 0 Å². The lowest BCUT2D eigenvalue weighted by Crippen LogP contribution is -2.35. The predicted octanol–water partition coefficient (Wildman–Crippen LogP) is 2.48. The Bertz CT molecular complexity index is 1200. The van der Waals surface area contributed by atoms with E-state index in [0.29, 0.717) is 19.8 Å². The third kappa shape index (κ3) is 6.16. The first-order valence-corrected chi connectivity index (χ1v) is 13.2. The zero-order valence-electron chi connectivity index (χ0n) is 21.3. The van der Waals surface area contributed by atoms with Crippen LogP contribution in [-0.2, 0) is 21.8 Å². The molecule has 0 radical (unpaired) electrons. The second-order valence-electron chi connectivity index (χ2n) is 9.47. The topological polar surface area (TPSA) is 131 Å². The van der Waals surface area contributed by atoms with Crippen molar-refractivity contribution in [3.8, 4) is 5.75 Å². The van der Waals surface area contributed by atoms with Crippen molar-refractivity contribution in [2.75, 3.05) is 44.8 Å². The summed E-state index contributed by atoms with van der Waals surface area (Å²) in [5.74, 6) is -1.16. The van der Waals surface area contributed by atoms with E-state index >= 15 is 0 Å². The van der Waals surface area contributed by atoms with E-state index in [-0.39, 0.29) is 52.0 Å². The molecule has 198 valence electrons. The molecule has 12 heteroatoms. The first kappa shape index (κ1) is 27.5. The van der Waals surface area contributed by atoms with Gasteiger partial charge in [0.2, 0.25) is 0 Å². The second-order valence-corrected chi connectivity index (χ2v) is 11.3. The first-order chi connectivity index (χ1) is 16.9. The normalized spacial score (nSPS) is 14.6. The van der Waals surface area contributed by atoms with E-state index in [0.717, 1.165) is 23.2 Å². The Morgan fingerprint density at radius 1 is 1.22 bits per heavy atom. The van der Waals surface area contributed by atoms with Crippen LogP contribution in [0.2, 0.25) is 0 Å². The third-order valence-electron chi connectivity index (χ3n) is 5.85. The van der Waals surface area contributed by atoms with Crippen LogP contribution in [0.1, 0.15) is 47.5 Å². The number of carboxylic acids is 1. The number of aromatic nitrogens is 2. The highest BCUT2D eigenvalue weighted by Crippen LogP contribution is 2.30. The van der Waals surface area contributed by atoms with Crippen LogP contribution < -0.4 is 9.04 Å². The van der Waals surface area contributed by atoms with Gasteiger partial charge in [0.05, 0.1) is 11.5 Å². The molecule has 2 heterocycles. The van der Waals surface area contributed by atoms with Gasteiger partial charge in [-0.15, -0.1) is 0 Å². The summed E-state index contributed by atoms with van der Waals surface area (Å²) >= 11 is 0. The van der Waals surface area contributed by atoms with Gasteiger partial charge in [-0.1, -0.05) is 13.8 Å². The van der Waals surface area contributed by atoms with E-state index < -0.39 is 16.0 Å². The van der Waals surface area contributed by atoms with E-state index in [4.69, 9.17) is 9.47 Å². The van der Waals surface area contributed by atoms with E-state index in [9.17, 15) is 23.1 Å². The number of benzene rings is 1. The fourth-order valence-electron chi connectivity index (χ4n) is 3.88. The summed E-state index contributed by atoms with van der Waals surface area (Å²) in [6, 6.07) is 5.27. The molecule has 1 N–H and O–H groups in total. The predicted molar refractivity (Wildman–Crippen MR) is 133 cm³/mol. The van der Waals surface area contributed by atoms with Crippen molar-refractivity contribution in [2.24, 2.45) is 18.9 Å². The van der Waals surface area contributed by atoms with Crippen molar-refractivity contribution in [1.29, 1.82) is 0 Å². The van der Waals surface area contributed by atoms with Crippen LogP contribution in [0, 0.1) is 11.8 Å². The molecule has 1 amide bonds. The number of carboxylic acid groups (broad SMARTS) is 1. The third-order valence-corrected chi connectivity index (χ3v) is 7.62. The number of sulfonamides is 1. The number of amides is 1. The number of anilines is 1. The molecule has 0 saturated carbocycles. The van der Waals surface area contributed by atoms with Gasteiger partial charge < -0.3 is 19.5 Å². The lowest BCUT2D eigenvalue weighted by molar-refractivity contribution is 0.0490. The molecule has 1 aliphatic heterocycles. The van der Waals surface area contributed by atoms with E-state index in [1.807, 2.05) is 13.8 Å². The number of rotatable bonds is 10. The molecule has 36 heavy (non-hydrogen) atoms. The molecule has 0 unspecified atom stereocenters. The van der Waals surface area contributed by atoms with Gasteiger partial charge in [0.1, 0.15) is 17.1 Å². The van der Waals surface area contributed by atoms with Crippen molar-refractivity contribution in [3.05, 3.63) is 35.5 Å². The summed E-state index contributed by atoms with van der Waals surface area (Å²) < 4.78 is 41.1. The minimum atomic E-state index is -4.20. The quantitative estimate of drug-likeness (QED) is 0.504. The van der Waals surface area contributed by atoms with Gasteiger partial charge in [0.25, 0.3) is 15.9 Å². The molecule has 1 fully saturated rings. The summed E-state index contributed by atoms with van der Waals surface area (Å²) in [6.07, 6.45) is 1.64. The minimum Gasteiger partial charge on any atom is -0.492 e. The summed E-state index contributed by atoms with van der Waals surface area (Å²) in [5.41, 5.74) is -0.134. The number of carbonyl (C=O) groups excluding carboxylic acids is 1. The number of aromatic carboxylic acids is 1. The maximum atomic E-state index is 13.8. The highest BCUT2D eigenvalue weighted by Gasteiger charge is 2.31. The zero-order valence-corrected chi connectivity index (χ0v) is 22.1. The van der Waals surface area contributed by atoms with Crippen molar-refractivity contribution < 1.29 is 32.6 Å². The van der Waals surface area contributed by atoms with Crippen LogP contribution in [-0.4, -0.2) is 80.5 Å². The van der Waals surface area contributed by atoms with Crippen LogP contribution in [0.3, 0.4) is 0 Å². The highest BCUT2D eigenvalue weighted by molar-refractivity contribution is 7.92. The zero-order chi connectivity index (χ0) is 26.6. The van der Waals surface area contributed by atoms with Crippen LogP contribution in [0.5, 0.6) is 5.75 Å². The Morgan fingerprint density at radius 2 is 1.89 bits per heavy atom. The average Bonchev–Trinajstić information content (AvgIpc) is 3.21. The van der Waals surface area contributed by atoms with Crippen molar-refractivity contribution in [3.63, 3.8) is 0 Å². The first-order valence-electron chi connectivity index (χ1n) is 11.8. The number of hydrogen-bond acceptors (Lipinski definition) is 7. The Kier molecular flexibility index (Phi) is 8.62. The summed E-state index contributed by atoms with van der Waals surface area (Å²) in [7, 11) is 0.519. The van der Waals surface area contributed by atoms with Crippen molar-refractivity contribution in [2.45, 2.75) is 31.6 Å². The Labute approximate surface area is 211 Å². The molecule has 1 aliphatic rings. The maximum absolute atomic E-state index is 13.8.